The predicted octanol–water partition coefficient (Wildman–Crippen LogP) is 5.92. The molecule has 3 aromatic rings. The maximum absolute atomic E-state index is 13.0. The summed E-state index contributed by atoms with van der Waals surface area (Å²) in [5.41, 5.74) is 7.05. The smallest absolute Gasteiger partial charge is 0.416 e. The summed E-state index contributed by atoms with van der Waals surface area (Å²) in [5.74, 6) is 0. The van der Waals surface area contributed by atoms with Crippen LogP contribution in [0.5, 0.6) is 0 Å². The topological polar surface area (TPSA) is 68.5 Å². The number of thiazole rings is 1. The number of benzene rings is 1. The molecule has 160 valence electrons. The Morgan fingerprint density at radius 2 is 1.97 bits per heavy atom. The molecule has 0 saturated heterocycles. The van der Waals surface area contributed by atoms with E-state index in [1.807, 2.05) is 20.8 Å². The van der Waals surface area contributed by atoms with Crippen molar-refractivity contribution in [2.45, 2.75) is 45.5 Å². The number of hydrogen-bond acceptors (Lipinski definition) is 6. The van der Waals surface area contributed by atoms with Crippen molar-refractivity contribution in [3.63, 3.8) is 0 Å². The van der Waals surface area contributed by atoms with Gasteiger partial charge in [0.05, 0.1) is 27.3 Å². The molecule has 0 radical (unpaired) electrons. The van der Waals surface area contributed by atoms with E-state index < -0.39 is 17.3 Å². The van der Waals surface area contributed by atoms with E-state index in [1.54, 1.807) is 4.90 Å². The maximum Gasteiger partial charge on any atom is 0.416 e. The second-order valence-corrected chi connectivity index (χ2v) is 10.3. The number of anilines is 1. The molecule has 0 unspecified atom stereocenters. The average Bonchev–Trinajstić information content (AvgIpc) is 3.17. The fraction of sp³-hybridized carbons (Fsp3) is 0.400. The first kappa shape index (κ1) is 20.9. The van der Waals surface area contributed by atoms with Gasteiger partial charge in [-0.3, -0.25) is 0 Å². The fourth-order valence-corrected chi connectivity index (χ4v) is 5.58. The number of nitrogens with zero attached hydrogens (tertiary/aromatic N) is 2. The van der Waals surface area contributed by atoms with Crippen molar-refractivity contribution >= 4 is 44.0 Å². The van der Waals surface area contributed by atoms with Crippen LogP contribution in [0, 0.1) is 0 Å². The van der Waals surface area contributed by atoms with Crippen LogP contribution in [0.4, 0.5) is 23.0 Å². The van der Waals surface area contributed by atoms with E-state index in [9.17, 15) is 18.0 Å². The summed E-state index contributed by atoms with van der Waals surface area (Å²) in [5, 5.41) is 1.16. The molecule has 1 amide bonds. The van der Waals surface area contributed by atoms with Gasteiger partial charge < -0.3 is 15.4 Å². The Bertz CT molecular complexity index is 1130. The number of halogens is 3. The van der Waals surface area contributed by atoms with Crippen LogP contribution >= 0.6 is 22.7 Å². The van der Waals surface area contributed by atoms with Crippen LogP contribution in [0.2, 0.25) is 0 Å². The molecule has 0 saturated carbocycles. The zero-order chi connectivity index (χ0) is 21.8. The molecule has 4 rings (SSSR count). The van der Waals surface area contributed by atoms with E-state index in [1.165, 1.54) is 28.7 Å². The van der Waals surface area contributed by atoms with Crippen molar-refractivity contribution in [1.29, 1.82) is 0 Å². The highest BCUT2D eigenvalue weighted by molar-refractivity contribution is 7.22. The molecule has 30 heavy (non-hydrogen) atoms. The van der Waals surface area contributed by atoms with Crippen LogP contribution in [0.15, 0.2) is 18.2 Å². The number of ether oxygens (including phenoxy) is 1. The fourth-order valence-electron chi connectivity index (χ4n) is 3.35. The number of nitrogen functional groups attached to an aromatic ring is 1. The highest BCUT2D eigenvalue weighted by Gasteiger charge is 2.32. The quantitative estimate of drug-likeness (QED) is 0.495. The molecular formula is C20H20F3N3O2S2. The number of rotatable bonds is 1. The number of alkyl halides is 3. The summed E-state index contributed by atoms with van der Waals surface area (Å²) in [4.78, 5) is 19.4. The molecule has 0 spiro atoms. The maximum atomic E-state index is 13.0. The van der Waals surface area contributed by atoms with Crippen LogP contribution in [0.3, 0.4) is 0 Å². The Morgan fingerprint density at radius 3 is 2.63 bits per heavy atom. The molecule has 1 aliphatic heterocycles. The van der Waals surface area contributed by atoms with Gasteiger partial charge in [-0.2, -0.15) is 13.2 Å². The van der Waals surface area contributed by atoms with Crippen molar-refractivity contribution in [2.75, 3.05) is 12.3 Å². The van der Waals surface area contributed by atoms with Crippen molar-refractivity contribution in [1.82, 2.24) is 9.88 Å². The standard InChI is InChI=1S/C20H20F3N3O2S2/c1-19(2,3)28-18(27)26-7-6-11-14(9-26)29-16(24)15(11)17-25-12-8-10(20(21,22)23)4-5-13(12)30-17/h4-5,8H,6-7,9,24H2,1-3H3. The summed E-state index contributed by atoms with van der Waals surface area (Å²) >= 11 is 2.70. The molecular weight excluding hydrogens is 435 g/mol. The van der Waals surface area contributed by atoms with Gasteiger partial charge in [-0.1, -0.05) is 0 Å². The molecule has 2 aromatic heterocycles. The summed E-state index contributed by atoms with van der Waals surface area (Å²) in [6, 6.07) is 3.57. The lowest BCUT2D eigenvalue weighted by Gasteiger charge is -2.30. The van der Waals surface area contributed by atoms with Gasteiger partial charge in [0, 0.05) is 17.0 Å². The number of carbonyl (C=O) groups is 1. The van der Waals surface area contributed by atoms with Crippen LogP contribution < -0.4 is 5.73 Å². The highest BCUT2D eigenvalue weighted by Crippen LogP contribution is 2.44. The number of hydrogen-bond donors (Lipinski definition) is 1. The zero-order valence-electron chi connectivity index (χ0n) is 16.6. The number of fused-ring (bicyclic) bond motifs is 2. The molecule has 10 heteroatoms. The summed E-state index contributed by atoms with van der Waals surface area (Å²) in [6.45, 7) is 6.33. The number of carbonyl (C=O) groups excluding carboxylic acids is 1. The minimum Gasteiger partial charge on any atom is -0.444 e. The largest absolute Gasteiger partial charge is 0.444 e. The number of thiophene rings is 1. The first-order chi connectivity index (χ1) is 13.9. The van der Waals surface area contributed by atoms with Crippen LogP contribution in [0.1, 0.15) is 36.8 Å². The van der Waals surface area contributed by atoms with Gasteiger partial charge in [0.1, 0.15) is 10.6 Å². The van der Waals surface area contributed by atoms with Crippen molar-refractivity contribution < 1.29 is 22.7 Å². The normalized spacial score (nSPS) is 14.8. The van der Waals surface area contributed by atoms with E-state index in [2.05, 4.69) is 4.98 Å². The van der Waals surface area contributed by atoms with E-state index in [0.717, 1.165) is 28.1 Å². The lowest BCUT2D eigenvalue weighted by Crippen LogP contribution is -2.39. The molecule has 1 aliphatic rings. The lowest BCUT2D eigenvalue weighted by atomic mass is 10.0. The average molecular weight is 456 g/mol. The zero-order valence-corrected chi connectivity index (χ0v) is 18.2. The number of amides is 1. The molecule has 0 atom stereocenters. The highest BCUT2D eigenvalue weighted by atomic mass is 32.1. The minimum absolute atomic E-state index is 0.301. The Kier molecular flexibility index (Phi) is 4.97. The lowest BCUT2D eigenvalue weighted by molar-refractivity contribution is -0.137. The van der Waals surface area contributed by atoms with Crippen LogP contribution in [-0.2, 0) is 23.9 Å². The third-order valence-corrected chi connectivity index (χ3v) is 6.76. The van der Waals surface area contributed by atoms with Crippen LogP contribution in [-0.4, -0.2) is 28.1 Å². The third kappa shape index (κ3) is 3.98. The number of aromatic nitrogens is 1. The van der Waals surface area contributed by atoms with Crippen molar-refractivity contribution in [3.05, 3.63) is 34.2 Å². The molecule has 1 aromatic carbocycles. The first-order valence-electron chi connectivity index (χ1n) is 9.28. The number of nitrogens with two attached hydrogens (primary N) is 1. The molecule has 0 fully saturated rings. The first-order valence-corrected chi connectivity index (χ1v) is 10.9. The van der Waals surface area contributed by atoms with Gasteiger partial charge in [-0.25, -0.2) is 9.78 Å². The van der Waals surface area contributed by atoms with Gasteiger partial charge in [-0.05, 0) is 51.0 Å². The van der Waals surface area contributed by atoms with Gasteiger partial charge >= 0.3 is 12.3 Å². The van der Waals surface area contributed by atoms with Crippen LogP contribution in [0.25, 0.3) is 20.8 Å². The van der Waals surface area contributed by atoms with Gasteiger partial charge in [0.15, 0.2) is 0 Å². The molecule has 0 bridgehead atoms. The van der Waals surface area contributed by atoms with E-state index in [0.29, 0.717) is 39.7 Å². The monoisotopic (exact) mass is 455 g/mol. The van der Waals surface area contributed by atoms with Gasteiger partial charge in [0.25, 0.3) is 0 Å². The predicted molar refractivity (Wildman–Crippen MR) is 113 cm³/mol. The molecule has 2 N–H and O–H groups in total. The Labute approximate surface area is 179 Å². The molecule has 0 aliphatic carbocycles. The Morgan fingerprint density at radius 1 is 1.23 bits per heavy atom. The van der Waals surface area contributed by atoms with E-state index >= 15 is 0 Å². The van der Waals surface area contributed by atoms with Gasteiger partial charge in [-0.15, -0.1) is 22.7 Å². The third-order valence-electron chi connectivity index (χ3n) is 4.66. The van der Waals surface area contributed by atoms with Gasteiger partial charge in [0.2, 0.25) is 0 Å². The van der Waals surface area contributed by atoms with Crippen molar-refractivity contribution in [3.8, 4) is 10.6 Å². The SMILES string of the molecule is CC(C)(C)OC(=O)N1CCc2c(sc(N)c2-c2nc3cc(C(F)(F)F)ccc3s2)C1. The Balaban J connectivity index is 1.66. The second kappa shape index (κ2) is 7.12. The minimum atomic E-state index is -4.41. The molecule has 5 nitrogen and oxygen atoms in total. The summed E-state index contributed by atoms with van der Waals surface area (Å²) in [6.07, 6.45) is -4.20. The molecule has 3 heterocycles. The summed E-state index contributed by atoms with van der Waals surface area (Å²) < 4.78 is 45.1. The van der Waals surface area contributed by atoms with E-state index in [4.69, 9.17) is 10.5 Å². The van der Waals surface area contributed by atoms with Crippen molar-refractivity contribution in [2.24, 2.45) is 0 Å². The summed E-state index contributed by atoms with van der Waals surface area (Å²) in [7, 11) is 0. The Hall–Kier alpha value is -2.33. The second-order valence-electron chi connectivity index (χ2n) is 8.09. The van der Waals surface area contributed by atoms with E-state index in [-0.39, 0.29) is 6.09 Å².